The summed E-state index contributed by atoms with van der Waals surface area (Å²) in [5.41, 5.74) is 2.54. The highest BCUT2D eigenvalue weighted by atomic mass is 32.1. The van der Waals surface area contributed by atoms with E-state index in [2.05, 4.69) is 21.1 Å². The average Bonchev–Trinajstić information content (AvgIpc) is 3.24. The molecule has 1 aromatic heterocycles. The Bertz CT molecular complexity index is 1130. The Morgan fingerprint density at radius 1 is 1.31 bits per heavy atom. The van der Waals surface area contributed by atoms with Crippen LogP contribution in [0.4, 0.5) is 11.4 Å². The summed E-state index contributed by atoms with van der Waals surface area (Å²) in [4.78, 5) is 26.4. The maximum absolute atomic E-state index is 11.5. The molecule has 3 rings (SSSR count). The first kappa shape index (κ1) is 19.7. The standard InChI is InChI=1S/C20H14N4O4S/c1-28-20(25)13-5-7-16(8-6-13)22-11-15(10-21)19-23-18(12-29-19)14-3-2-4-17(9-14)24(26)27/h2-9,11-12,22H,1H3/b15-11+. The maximum Gasteiger partial charge on any atom is 0.337 e. The van der Waals surface area contributed by atoms with Crippen LogP contribution in [0.5, 0.6) is 0 Å². The second kappa shape index (κ2) is 8.77. The number of benzene rings is 2. The maximum atomic E-state index is 11.5. The van der Waals surface area contributed by atoms with Gasteiger partial charge in [-0.25, -0.2) is 9.78 Å². The summed E-state index contributed by atoms with van der Waals surface area (Å²) >= 11 is 1.26. The lowest BCUT2D eigenvalue weighted by atomic mass is 10.1. The predicted octanol–water partition coefficient (Wildman–Crippen LogP) is 4.48. The number of thiazole rings is 1. The Morgan fingerprint density at radius 2 is 2.07 bits per heavy atom. The fourth-order valence-corrected chi connectivity index (χ4v) is 3.22. The van der Waals surface area contributed by atoms with Crippen molar-refractivity contribution in [2.24, 2.45) is 0 Å². The molecular weight excluding hydrogens is 392 g/mol. The van der Waals surface area contributed by atoms with Crippen molar-refractivity contribution in [3.05, 3.63) is 80.8 Å². The minimum atomic E-state index is -0.465. The van der Waals surface area contributed by atoms with Crippen molar-refractivity contribution in [1.29, 1.82) is 5.26 Å². The molecule has 1 heterocycles. The summed E-state index contributed by atoms with van der Waals surface area (Å²) in [5.74, 6) is -0.429. The Hall–Kier alpha value is -4.03. The van der Waals surface area contributed by atoms with Gasteiger partial charge < -0.3 is 10.1 Å². The van der Waals surface area contributed by atoms with E-state index in [4.69, 9.17) is 0 Å². The average molecular weight is 406 g/mol. The summed E-state index contributed by atoms with van der Waals surface area (Å²) < 4.78 is 4.65. The number of ether oxygens (including phenoxy) is 1. The summed E-state index contributed by atoms with van der Waals surface area (Å²) in [7, 11) is 1.31. The molecule has 0 atom stereocenters. The molecule has 0 amide bonds. The zero-order valence-electron chi connectivity index (χ0n) is 15.2. The van der Waals surface area contributed by atoms with Crippen LogP contribution in [0.25, 0.3) is 16.8 Å². The number of hydrogen-bond donors (Lipinski definition) is 1. The number of non-ortho nitro benzene ring substituents is 1. The van der Waals surface area contributed by atoms with Crippen LogP contribution in [0, 0.1) is 21.4 Å². The number of esters is 1. The number of nitriles is 1. The van der Waals surface area contributed by atoms with Crippen molar-refractivity contribution in [2.75, 3.05) is 12.4 Å². The molecule has 0 fully saturated rings. The van der Waals surface area contributed by atoms with Gasteiger partial charge in [0, 0.05) is 35.0 Å². The molecule has 29 heavy (non-hydrogen) atoms. The van der Waals surface area contributed by atoms with Crippen molar-refractivity contribution >= 4 is 34.3 Å². The number of nitrogens with one attached hydrogen (secondary N) is 1. The monoisotopic (exact) mass is 406 g/mol. The zero-order chi connectivity index (χ0) is 20.8. The highest BCUT2D eigenvalue weighted by Gasteiger charge is 2.12. The number of methoxy groups -OCH3 is 1. The van der Waals surface area contributed by atoms with Crippen LogP contribution in [0.1, 0.15) is 15.4 Å². The van der Waals surface area contributed by atoms with E-state index >= 15 is 0 Å². The topological polar surface area (TPSA) is 118 Å². The van der Waals surface area contributed by atoms with Crippen LogP contribution in [0.15, 0.2) is 60.1 Å². The van der Waals surface area contributed by atoms with Crippen LogP contribution < -0.4 is 5.32 Å². The van der Waals surface area contributed by atoms with Gasteiger partial charge >= 0.3 is 5.97 Å². The highest BCUT2D eigenvalue weighted by molar-refractivity contribution is 7.11. The van der Waals surface area contributed by atoms with Crippen molar-refractivity contribution in [1.82, 2.24) is 4.98 Å². The van der Waals surface area contributed by atoms with Crippen molar-refractivity contribution in [3.63, 3.8) is 0 Å². The summed E-state index contributed by atoms with van der Waals surface area (Å²) in [5, 5.41) is 25.6. The summed E-state index contributed by atoms with van der Waals surface area (Å²) in [6.07, 6.45) is 1.52. The Balaban J connectivity index is 1.79. The second-order valence-corrected chi connectivity index (χ2v) is 6.59. The molecule has 3 aromatic rings. The second-order valence-electron chi connectivity index (χ2n) is 5.73. The third kappa shape index (κ3) is 4.63. The number of aromatic nitrogens is 1. The molecule has 0 unspecified atom stereocenters. The van der Waals surface area contributed by atoms with Gasteiger partial charge in [0.25, 0.3) is 5.69 Å². The number of allylic oxidation sites excluding steroid dienone is 1. The molecule has 9 heteroatoms. The minimum absolute atomic E-state index is 0.0230. The molecule has 0 spiro atoms. The molecular formula is C20H14N4O4S. The number of rotatable bonds is 6. The first-order valence-corrected chi connectivity index (χ1v) is 9.15. The molecule has 0 aliphatic heterocycles. The zero-order valence-corrected chi connectivity index (χ0v) is 16.0. The van der Waals surface area contributed by atoms with Gasteiger partial charge in [-0.05, 0) is 24.3 Å². The quantitative estimate of drug-likeness (QED) is 0.277. The van der Waals surface area contributed by atoms with E-state index in [1.807, 2.05) is 0 Å². The molecule has 1 N–H and O–H groups in total. The smallest absolute Gasteiger partial charge is 0.337 e. The molecule has 0 saturated carbocycles. The van der Waals surface area contributed by atoms with Crippen LogP contribution in [-0.2, 0) is 4.74 Å². The SMILES string of the molecule is COC(=O)c1ccc(N/C=C(\C#N)c2nc(-c3cccc([N+](=O)[O-])c3)cs2)cc1. The molecule has 8 nitrogen and oxygen atoms in total. The van der Waals surface area contributed by atoms with Crippen LogP contribution in [0.3, 0.4) is 0 Å². The van der Waals surface area contributed by atoms with Gasteiger partial charge in [-0.1, -0.05) is 12.1 Å². The molecule has 0 bridgehead atoms. The largest absolute Gasteiger partial charge is 0.465 e. The number of carbonyl (C=O) groups excluding carboxylic acids is 1. The third-order valence-electron chi connectivity index (χ3n) is 3.90. The summed E-state index contributed by atoms with van der Waals surface area (Å²) in [6, 6.07) is 14.8. The Labute approximate surface area is 169 Å². The van der Waals surface area contributed by atoms with E-state index < -0.39 is 10.9 Å². The lowest BCUT2D eigenvalue weighted by Gasteiger charge is -2.03. The number of anilines is 1. The van der Waals surface area contributed by atoms with Gasteiger partial charge in [0.2, 0.25) is 0 Å². The lowest BCUT2D eigenvalue weighted by Crippen LogP contribution is -2.00. The van der Waals surface area contributed by atoms with E-state index in [0.717, 1.165) is 0 Å². The molecule has 0 radical (unpaired) electrons. The summed E-state index contributed by atoms with van der Waals surface area (Å²) in [6.45, 7) is 0. The number of nitro benzene ring substituents is 1. The Morgan fingerprint density at radius 3 is 2.72 bits per heavy atom. The minimum Gasteiger partial charge on any atom is -0.465 e. The van der Waals surface area contributed by atoms with Crippen LogP contribution >= 0.6 is 11.3 Å². The normalized spacial score (nSPS) is 10.8. The first-order valence-electron chi connectivity index (χ1n) is 8.27. The van der Waals surface area contributed by atoms with Gasteiger partial charge in [0.05, 0.1) is 23.3 Å². The molecule has 2 aromatic carbocycles. The molecule has 0 aliphatic rings. The highest BCUT2D eigenvalue weighted by Crippen LogP contribution is 2.28. The molecule has 0 aliphatic carbocycles. The Kier molecular flexibility index (Phi) is 5.97. The molecule has 144 valence electrons. The number of carbonyl (C=O) groups is 1. The van der Waals surface area contributed by atoms with Crippen LogP contribution in [-0.4, -0.2) is 23.0 Å². The number of nitrogens with zero attached hydrogens (tertiary/aromatic N) is 3. The van der Waals surface area contributed by atoms with Gasteiger partial charge in [0.1, 0.15) is 16.6 Å². The van der Waals surface area contributed by atoms with Gasteiger partial charge in [0.15, 0.2) is 0 Å². The third-order valence-corrected chi connectivity index (χ3v) is 4.77. The van der Waals surface area contributed by atoms with E-state index in [9.17, 15) is 20.2 Å². The van der Waals surface area contributed by atoms with E-state index in [1.165, 1.54) is 36.8 Å². The number of hydrogen-bond acceptors (Lipinski definition) is 8. The fraction of sp³-hybridized carbons (Fsp3) is 0.0500. The van der Waals surface area contributed by atoms with Crippen molar-refractivity contribution in [3.8, 4) is 17.3 Å². The number of nitro groups is 1. The van der Waals surface area contributed by atoms with E-state index in [-0.39, 0.29) is 5.69 Å². The fourth-order valence-electron chi connectivity index (χ4n) is 2.43. The predicted molar refractivity (Wildman–Crippen MR) is 109 cm³/mol. The van der Waals surface area contributed by atoms with E-state index in [1.54, 1.807) is 41.8 Å². The van der Waals surface area contributed by atoms with Crippen molar-refractivity contribution in [2.45, 2.75) is 0 Å². The van der Waals surface area contributed by atoms with Crippen LogP contribution in [0.2, 0.25) is 0 Å². The lowest BCUT2D eigenvalue weighted by molar-refractivity contribution is -0.384. The molecule has 0 saturated heterocycles. The van der Waals surface area contributed by atoms with Crippen molar-refractivity contribution < 1.29 is 14.5 Å². The van der Waals surface area contributed by atoms with E-state index in [0.29, 0.717) is 33.1 Å². The first-order chi connectivity index (χ1) is 14.0. The van der Waals surface area contributed by atoms with Gasteiger partial charge in [-0.15, -0.1) is 11.3 Å². The van der Waals surface area contributed by atoms with Gasteiger partial charge in [-0.3, -0.25) is 10.1 Å². The van der Waals surface area contributed by atoms with Gasteiger partial charge in [-0.2, -0.15) is 5.26 Å².